The minimum Gasteiger partial charge on any atom is -0.339 e. The molecule has 1 aliphatic rings. The van der Waals surface area contributed by atoms with Crippen molar-refractivity contribution in [2.45, 2.75) is 59.4 Å². The Morgan fingerprint density at radius 3 is 2.50 bits per heavy atom. The number of rotatable bonds is 4. The minimum absolute atomic E-state index is 0.183. The Balaban J connectivity index is 2.03. The topological polar surface area (TPSA) is 51.0 Å². The summed E-state index contributed by atoms with van der Waals surface area (Å²) in [7, 11) is 1.98. The number of likely N-dealkylation sites (N-methyl/N-ethyl adjacent to an activating group) is 1. The number of aromatic nitrogens is 2. The van der Waals surface area contributed by atoms with E-state index in [0.717, 1.165) is 18.1 Å². The molecule has 0 aromatic carbocycles. The maximum Gasteiger partial charge on any atom is 0.228 e. The molecular formula is C14H25N3O. The van der Waals surface area contributed by atoms with Crippen LogP contribution >= 0.6 is 0 Å². The molecule has 1 saturated carbocycles. The molecule has 0 aliphatic heterocycles. The van der Waals surface area contributed by atoms with Crippen molar-refractivity contribution in [2.75, 3.05) is 7.05 Å². The van der Waals surface area contributed by atoms with Crippen LogP contribution in [-0.4, -0.2) is 23.2 Å². The van der Waals surface area contributed by atoms with Crippen molar-refractivity contribution in [1.82, 2.24) is 15.5 Å². The molecule has 0 spiro atoms. The summed E-state index contributed by atoms with van der Waals surface area (Å²) >= 11 is 0. The molecule has 0 saturated heterocycles. The van der Waals surface area contributed by atoms with Gasteiger partial charge in [-0.1, -0.05) is 39.8 Å². The average molecular weight is 251 g/mol. The van der Waals surface area contributed by atoms with Gasteiger partial charge in [0.05, 0.1) is 0 Å². The monoisotopic (exact) mass is 251 g/mol. The van der Waals surface area contributed by atoms with Crippen LogP contribution in [0.15, 0.2) is 4.52 Å². The Kier molecular flexibility index (Phi) is 3.26. The molecule has 18 heavy (non-hydrogen) atoms. The Hall–Kier alpha value is -0.900. The van der Waals surface area contributed by atoms with Crippen LogP contribution in [0.4, 0.5) is 0 Å². The fourth-order valence-corrected chi connectivity index (χ4v) is 2.42. The van der Waals surface area contributed by atoms with E-state index in [4.69, 9.17) is 4.52 Å². The van der Waals surface area contributed by atoms with E-state index < -0.39 is 0 Å². The Labute approximate surface area is 110 Å². The number of nitrogens with one attached hydrogen (secondary N) is 1. The lowest BCUT2D eigenvalue weighted by molar-refractivity contribution is 0.255. The lowest BCUT2D eigenvalue weighted by Gasteiger charge is -2.29. The molecule has 1 fully saturated rings. The molecule has 1 aliphatic carbocycles. The summed E-state index contributed by atoms with van der Waals surface area (Å²) in [5.74, 6) is 2.12. The third-order valence-electron chi connectivity index (χ3n) is 4.08. The fourth-order valence-electron chi connectivity index (χ4n) is 2.42. The van der Waals surface area contributed by atoms with Gasteiger partial charge in [-0.15, -0.1) is 0 Å². The molecule has 1 aromatic heterocycles. The molecule has 0 bridgehead atoms. The first-order valence-electron chi connectivity index (χ1n) is 6.74. The van der Waals surface area contributed by atoms with Gasteiger partial charge < -0.3 is 9.84 Å². The van der Waals surface area contributed by atoms with Crippen LogP contribution in [0.1, 0.15) is 58.7 Å². The van der Waals surface area contributed by atoms with Gasteiger partial charge >= 0.3 is 0 Å². The predicted octanol–water partition coefficient (Wildman–Crippen LogP) is 2.76. The van der Waals surface area contributed by atoms with Crippen LogP contribution in [0.25, 0.3) is 0 Å². The summed E-state index contributed by atoms with van der Waals surface area (Å²) in [5.41, 5.74) is 0.538. The zero-order valence-electron chi connectivity index (χ0n) is 12.4. The molecule has 2 atom stereocenters. The Morgan fingerprint density at radius 2 is 2.06 bits per heavy atom. The molecule has 0 amide bonds. The van der Waals surface area contributed by atoms with Crippen molar-refractivity contribution in [2.24, 2.45) is 10.8 Å². The normalized spacial score (nSPS) is 24.0. The zero-order valence-corrected chi connectivity index (χ0v) is 12.4. The molecule has 4 heteroatoms. The fraction of sp³-hybridized carbons (Fsp3) is 0.857. The van der Waals surface area contributed by atoms with Crippen LogP contribution in [0.2, 0.25) is 0 Å². The predicted molar refractivity (Wildman–Crippen MR) is 71.4 cm³/mol. The van der Waals surface area contributed by atoms with Crippen molar-refractivity contribution in [3.63, 3.8) is 0 Å². The first-order valence-corrected chi connectivity index (χ1v) is 6.74. The third kappa shape index (κ3) is 2.74. The van der Waals surface area contributed by atoms with E-state index >= 15 is 0 Å². The smallest absolute Gasteiger partial charge is 0.228 e. The van der Waals surface area contributed by atoms with Crippen molar-refractivity contribution in [3.05, 3.63) is 11.7 Å². The number of nitrogens with zero attached hydrogens (tertiary/aromatic N) is 2. The van der Waals surface area contributed by atoms with Gasteiger partial charge in [-0.3, -0.25) is 0 Å². The standard InChI is InChI=1S/C14H25N3O/c1-13(2,3)10(15-6)7-11-16-12(17-18-11)9-8-14(9,4)5/h9-10,15H,7-8H2,1-6H3. The quantitative estimate of drug-likeness (QED) is 0.894. The zero-order chi connectivity index (χ0) is 13.6. The molecule has 1 heterocycles. The van der Waals surface area contributed by atoms with Crippen molar-refractivity contribution in [3.8, 4) is 0 Å². The highest BCUT2D eigenvalue weighted by atomic mass is 16.5. The molecule has 0 radical (unpaired) electrons. The van der Waals surface area contributed by atoms with E-state index in [1.165, 1.54) is 6.42 Å². The highest BCUT2D eigenvalue weighted by Crippen LogP contribution is 2.57. The SMILES string of the molecule is CNC(Cc1nc(C2CC2(C)C)no1)C(C)(C)C. The maximum atomic E-state index is 5.39. The van der Waals surface area contributed by atoms with Gasteiger partial charge in [0.2, 0.25) is 5.89 Å². The molecule has 1 N–H and O–H groups in total. The van der Waals surface area contributed by atoms with Gasteiger partial charge in [-0.2, -0.15) is 4.98 Å². The lowest BCUT2D eigenvalue weighted by Crippen LogP contribution is -2.39. The van der Waals surface area contributed by atoms with Crippen LogP contribution < -0.4 is 5.32 Å². The second kappa shape index (κ2) is 4.34. The molecule has 2 rings (SSSR count). The molecule has 1 aromatic rings. The molecule has 4 nitrogen and oxygen atoms in total. The highest BCUT2D eigenvalue weighted by molar-refractivity contribution is 5.14. The van der Waals surface area contributed by atoms with Gasteiger partial charge in [0.25, 0.3) is 0 Å². The number of hydrogen-bond acceptors (Lipinski definition) is 4. The van der Waals surface area contributed by atoms with E-state index in [2.05, 4.69) is 50.1 Å². The first kappa shape index (κ1) is 13.5. The van der Waals surface area contributed by atoms with Gasteiger partial charge in [0.15, 0.2) is 5.82 Å². The van der Waals surface area contributed by atoms with Crippen molar-refractivity contribution < 1.29 is 4.52 Å². The van der Waals surface area contributed by atoms with Crippen LogP contribution in [0.3, 0.4) is 0 Å². The summed E-state index contributed by atoms with van der Waals surface area (Å²) in [6, 6.07) is 0.345. The van der Waals surface area contributed by atoms with Crippen LogP contribution in [0, 0.1) is 10.8 Å². The summed E-state index contributed by atoms with van der Waals surface area (Å²) in [4.78, 5) is 4.55. The average Bonchev–Trinajstić information content (AvgIpc) is 2.71. The van der Waals surface area contributed by atoms with Gasteiger partial charge in [-0.05, 0) is 24.3 Å². The summed E-state index contributed by atoms with van der Waals surface area (Å²) in [5, 5.41) is 7.46. The number of hydrogen-bond donors (Lipinski definition) is 1. The third-order valence-corrected chi connectivity index (χ3v) is 4.08. The second-order valence-electron chi connectivity index (χ2n) is 7.20. The van der Waals surface area contributed by atoms with Crippen molar-refractivity contribution >= 4 is 0 Å². The molecule has 102 valence electrons. The summed E-state index contributed by atoms with van der Waals surface area (Å²) in [6.45, 7) is 11.2. The first-order chi connectivity index (χ1) is 8.24. The van der Waals surface area contributed by atoms with E-state index in [1.807, 2.05) is 7.05 Å². The van der Waals surface area contributed by atoms with E-state index in [0.29, 0.717) is 17.4 Å². The minimum atomic E-state index is 0.183. The highest BCUT2D eigenvalue weighted by Gasteiger charge is 2.49. The summed E-state index contributed by atoms with van der Waals surface area (Å²) in [6.07, 6.45) is 1.96. The van der Waals surface area contributed by atoms with Crippen LogP contribution in [0.5, 0.6) is 0 Å². The van der Waals surface area contributed by atoms with E-state index in [-0.39, 0.29) is 5.41 Å². The van der Waals surface area contributed by atoms with Gasteiger partial charge in [0.1, 0.15) is 0 Å². The van der Waals surface area contributed by atoms with E-state index in [1.54, 1.807) is 0 Å². The second-order valence-corrected chi connectivity index (χ2v) is 7.20. The van der Waals surface area contributed by atoms with Gasteiger partial charge in [0, 0.05) is 18.4 Å². The van der Waals surface area contributed by atoms with Crippen molar-refractivity contribution in [1.29, 1.82) is 0 Å². The van der Waals surface area contributed by atoms with Gasteiger partial charge in [-0.25, -0.2) is 0 Å². The largest absolute Gasteiger partial charge is 0.339 e. The maximum absolute atomic E-state index is 5.39. The lowest BCUT2D eigenvalue weighted by atomic mass is 9.85. The van der Waals surface area contributed by atoms with E-state index in [9.17, 15) is 0 Å². The van der Waals surface area contributed by atoms with Crippen LogP contribution in [-0.2, 0) is 6.42 Å². The Bertz CT molecular complexity index is 417. The Morgan fingerprint density at radius 1 is 1.44 bits per heavy atom. The molecule has 2 unspecified atom stereocenters. The summed E-state index contributed by atoms with van der Waals surface area (Å²) < 4.78 is 5.39. The molecular weight excluding hydrogens is 226 g/mol.